The zero-order valence-corrected chi connectivity index (χ0v) is 11.8. The van der Waals surface area contributed by atoms with Gasteiger partial charge in [-0.05, 0) is 51.3 Å². The minimum absolute atomic E-state index is 0.224. The highest BCUT2D eigenvalue weighted by molar-refractivity contribution is 5.82. The number of rotatable bonds is 7. The maximum Gasteiger partial charge on any atom is 0.134 e. The lowest BCUT2D eigenvalue weighted by Crippen LogP contribution is -2.20. The van der Waals surface area contributed by atoms with Gasteiger partial charge in [0.25, 0.3) is 0 Å². The fourth-order valence-corrected chi connectivity index (χ4v) is 2.43. The Morgan fingerprint density at radius 2 is 2.00 bits per heavy atom. The molecule has 0 aliphatic carbocycles. The first kappa shape index (κ1) is 14.1. The van der Waals surface area contributed by atoms with Crippen LogP contribution in [0.2, 0.25) is 0 Å². The predicted octanol–water partition coefficient (Wildman–Crippen LogP) is 3.55. The lowest BCUT2D eigenvalue weighted by molar-refractivity contribution is 0.282. The first-order valence-electron chi connectivity index (χ1n) is 7.06. The first-order chi connectivity index (χ1) is 9.24. The maximum absolute atomic E-state index is 8.73. The van der Waals surface area contributed by atoms with Gasteiger partial charge in [0.2, 0.25) is 0 Å². The molecule has 0 saturated carbocycles. The summed E-state index contributed by atoms with van der Waals surface area (Å²) in [5, 5.41) is 13.4. The summed E-state index contributed by atoms with van der Waals surface area (Å²) in [5.41, 5.74) is 2.19. The molecule has 2 rings (SSSR count). The molecule has 0 fully saturated rings. The van der Waals surface area contributed by atoms with Crippen LogP contribution in [0.4, 0.5) is 0 Å². The van der Waals surface area contributed by atoms with E-state index in [1.807, 2.05) is 18.2 Å². The van der Waals surface area contributed by atoms with Crippen LogP contribution in [-0.2, 0) is 0 Å². The largest absolute Gasteiger partial charge is 0.459 e. The molecule has 0 bridgehead atoms. The average Bonchev–Trinajstić information content (AvgIpc) is 2.76. The first-order valence-corrected chi connectivity index (χ1v) is 7.06. The number of para-hydroxylation sites is 1. The zero-order valence-electron chi connectivity index (χ0n) is 11.8. The molecule has 1 heterocycles. The molecule has 3 nitrogen and oxygen atoms in total. The van der Waals surface area contributed by atoms with Crippen LogP contribution in [0.1, 0.15) is 43.6 Å². The number of fused-ring (bicyclic) bond motifs is 1. The van der Waals surface area contributed by atoms with Crippen LogP contribution in [0.5, 0.6) is 0 Å². The van der Waals surface area contributed by atoms with Gasteiger partial charge in [-0.2, -0.15) is 0 Å². The molecule has 3 heteroatoms. The molecular formula is C16H23NO2. The van der Waals surface area contributed by atoms with Gasteiger partial charge in [0.15, 0.2) is 0 Å². The Morgan fingerprint density at radius 3 is 2.74 bits per heavy atom. The number of hydrogen-bond donors (Lipinski definition) is 2. The van der Waals surface area contributed by atoms with Crippen LogP contribution >= 0.6 is 0 Å². The Bertz CT molecular complexity index is 518. The second kappa shape index (κ2) is 6.73. The zero-order chi connectivity index (χ0) is 13.7. The van der Waals surface area contributed by atoms with Crippen molar-refractivity contribution in [1.29, 1.82) is 0 Å². The van der Waals surface area contributed by atoms with Gasteiger partial charge in [-0.1, -0.05) is 18.2 Å². The van der Waals surface area contributed by atoms with E-state index in [9.17, 15) is 0 Å². The molecule has 19 heavy (non-hydrogen) atoms. The van der Waals surface area contributed by atoms with E-state index in [2.05, 4.69) is 25.2 Å². The maximum atomic E-state index is 8.73. The highest BCUT2D eigenvalue weighted by Crippen LogP contribution is 2.28. The Kier molecular flexibility index (Phi) is 5.00. The lowest BCUT2D eigenvalue weighted by atomic mass is 10.1. The summed E-state index contributed by atoms with van der Waals surface area (Å²) < 4.78 is 5.94. The van der Waals surface area contributed by atoms with Crippen molar-refractivity contribution in [1.82, 2.24) is 5.32 Å². The molecule has 2 aromatic rings. The second-order valence-electron chi connectivity index (χ2n) is 5.05. The number of aliphatic hydroxyl groups is 1. The second-order valence-corrected chi connectivity index (χ2v) is 5.05. The molecule has 1 aromatic heterocycles. The summed E-state index contributed by atoms with van der Waals surface area (Å²) in [6, 6.07) is 8.39. The Balaban J connectivity index is 1.97. The van der Waals surface area contributed by atoms with Crippen LogP contribution in [0, 0.1) is 6.92 Å². The number of aryl methyl sites for hydroxylation is 1. The molecule has 0 aliphatic rings. The molecule has 1 atom stereocenters. The van der Waals surface area contributed by atoms with E-state index in [0.717, 1.165) is 37.2 Å². The van der Waals surface area contributed by atoms with Crippen molar-refractivity contribution >= 4 is 11.0 Å². The SMILES string of the molecule is Cc1c(C(C)NCCCCCO)oc2ccccc12. The van der Waals surface area contributed by atoms with Gasteiger partial charge >= 0.3 is 0 Å². The van der Waals surface area contributed by atoms with Crippen molar-refractivity contribution in [2.45, 2.75) is 39.2 Å². The summed E-state index contributed by atoms with van der Waals surface area (Å²) in [4.78, 5) is 0. The van der Waals surface area contributed by atoms with Crippen LogP contribution in [-0.4, -0.2) is 18.3 Å². The summed E-state index contributed by atoms with van der Waals surface area (Å²) >= 11 is 0. The van der Waals surface area contributed by atoms with Crippen molar-refractivity contribution in [3.05, 3.63) is 35.6 Å². The van der Waals surface area contributed by atoms with Crippen LogP contribution in [0.3, 0.4) is 0 Å². The van der Waals surface area contributed by atoms with Crippen LogP contribution in [0.25, 0.3) is 11.0 Å². The highest BCUT2D eigenvalue weighted by Gasteiger charge is 2.15. The van der Waals surface area contributed by atoms with Gasteiger partial charge in [-0.25, -0.2) is 0 Å². The summed E-state index contributed by atoms with van der Waals surface area (Å²) in [6.45, 7) is 5.50. The van der Waals surface area contributed by atoms with Crippen molar-refractivity contribution < 1.29 is 9.52 Å². The molecule has 104 valence electrons. The normalized spacial score (nSPS) is 13.0. The molecule has 1 unspecified atom stereocenters. The van der Waals surface area contributed by atoms with Gasteiger partial charge in [0, 0.05) is 12.0 Å². The van der Waals surface area contributed by atoms with E-state index < -0.39 is 0 Å². The summed E-state index contributed by atoms with van der Waals surface area (Å²) in [6.07, 6.45) is 3.04. The highest BCUT2D eigenvalue weighted by atomic mass is 16.3. The number of nitrogens with one attached hydrogen (secondary N) is 1. The molecule has 0 aliphatic heterocycles. The number of benzene rings is 1. The number of unbranched alkanes of at least 4 members (excludes halogenated alkanes) is 2. The summed E-state index contributed by atoms with van der Waals surface area (Å²) in [7, 11) is 0. The Morgan fingerprint density at radius 1 is 1.21 bits per heavy atom. The van der Waals surface area contributed by atoms with Gasteiger partial charge in [-0.15, -0.1) is 0 Å². The van der Waals surface area contributed by atoms with E-state index in [-0.39, 0.29) is 12.6 Å². The number of furan rings is 1. The van der Waals surface area contributed by atoms with Crippen LogP contribution in [0.15, 0.2) is 28.7 Å². The Labute approximate surface area is 114 Å². The van der Waals surface area contributed by atoms with E-state index in [4.69, 9.17) is 9.52 Å². The van der Waals surface area contributed by atoms with Crippen molar-refractivity contribution in [3.63, 3.8) is 0 Å². The number of aliphatic hydroxyl groups excluding tert-OH is 1. The third-order valence-electron chi connectivity index (χ3n) is 3.56. The van der Waals surface area contributed by atoms with E-state index >= 15 is 0 Å². The molecule has 1 aromatic carbocycles. The standard InChI is InChI=1S/C16H23NO2/c1-12-14-8-4-5-9-15(14)19-16(12)13(2)17-10-6-3-7-11-18/h4-5,8-9,13,17-18H,3,6-7,10-11H2,1-2H3. The third kappa shape index (κ3) is 3.37. The minimum atomic E-state index is 0.224. The molecule has 0 saturated heterocycles. The van der Waals surface area contributed by atoms with Gasteiger partial charge in [0.1, 0.15) is 11.3 Å². The van der Waals surface area contributed by atoms with Crippen molar-refractivity contribution in [2.75, 3.05) is 13.2 Å². The topological polar surface area (TPSA) is 45.4 Å². The fraction of sp³-hybridized carbons (Fsp3) is 0.500. The number of hydrogen-bond acceptors (Lipinski definition) is 3. The van der Waals surface area contributed by atoms with Gasteiger partial charge < -0.3 is 14.8 Å². The smallest absolute Gasteiger partial charge is 0.134 e. The molecule has 0 spiro atoms. The molecule has 2 N–H and O–H groups in total. The quantitative estimate of drug-likeness (QED) is 0.749. The van der Waals surface area contributed by atoms with E-state index in [1.165, 1.54) is 10.9 Å². The monoisotopic (exact) mass is 261 g/mol. The molecular weight excluding hydrogens is 238 g/mol. The fourth-order valence-electron chi connectivity index (χ4n) is 2.43. The van der Waals surface area contributed by atoms with Crippen molar-refractivity contribution in [2.24, 2.45) is 0 Å². The lowest BCUT2D eigenvalue weighted by Gasteiger charge is -2.12. The van der Waals surface area contributed by atoms with Gasteiger partial charge in [-0.3, -0.25) is 0 Å². The van der Waals surface area contributed by atoms with Crippen molar-refractivity contribution in [3.8, 4) is 0 Å². The third-order valence-corrected chi connectivity index (χ3v) is 3.56. The molecule has 0 amide bonds. The van der Waals surface area contributed by atoms with Crippen LogP contribution < -0.4 is 5.32 Å². The van der Waals surface area contributed by atoms with Gasteiger partial charge in [0.05, 0.1) is 6.04 Å². The predicted molar refractivity (Wildman–Crippen MR) is 78.3 cm³/mol. The Hall–Kier alpha value is -1.32. The average molecular weight is 261 g/mol. The molecule has 0 radical (unpaired) electrons. The van der Waals surface area contributed by atoms with E-state index in [1.54, 1.807) is 0 Å². The minimum Gasteiger partial charge on any atom is -0.459 e. The summed E-state index contributed by atoms with van der Waals surface area (Å²) in [5.74, 6) is 1.03. The van der Waals surface area contributed by atoms with E-state index in [0.29, 0.717) is 0 Å².